The molecule has 0 atom stereocenters. The van der Waals surface area contributed by atoms with Gasteiger partial charge in [0.25, 0.3) is 0 Å². The van der Waals surface area contributed by atoms with Crippen molar-refractivity contribution >= 4 is 23.4 Å². The molecule has 0 aliphatic carbocycles. The van der Waals surface area contributed by atoms with E-state index in [9.17, 15) is 0 Å². The van der Waals surface area contributed by atoms with Crippen molar-refractivity contribution in [3.63, 3.8) is 0 Å². The first kappa shape index (κ1) is 12.4. The van der Waals surface area contributed by atoms with Gasteiger partial charge in [-0.15, -0.1) is 23.4 Å². The van der Waals surface area contributed by atoms with Crippen LogP contribution in [0.2, 0.25) is 0 Å². The number of aryl methyl sites for hydroxylation is 1. The molecule has 0 spiro atoms. The van der Waals surface area contributed by atoms with E-state index in [1.54, 1.807) is 11.8 Å². The van der Waals surface area contributed by atoms with Crippen LogP contribution in [-0.4, -0.2) is 9.97 Å². The quantitative estimate of drug-likeness (QED) is 0.620. The SMILES string of the molecule is Cc1cc(CCl)nc(CSc2ccccc2)n1. The van der Waals surface area contributed by atoms with Crippen LogP contribution in [0.15, 0.2) is 41.3 Å². The smallest absolute Gasteiger partial charge is 0.139 e. The number of halogens is 1. The Kier molecular flexibility index (Phi) is 4.40. The first-order valence-electron chi connectivity index (χ1n) is 5.35. The average molecular weight is 265 g/mol. The van der Waals surface area contributed by atoms with Crippen LogP contribution in [0.3, 0.4) is 0 Å². The molecule has 1 heterocycles. The highest BCUT2D eigenvalue weighted by Crippen LogP contribution is 2.20. The number of aromatic nitrogens is 2. The van der Waals surface area contributed by atoms with Crippen LogP contribution in [0.5, 0.6) is 0 Å². The lowest BCUT2D eigenvalue weighted by molar-refractivity contribution is 0.955. The Morgan fingerprint density at radius 2 is 1.94 bits per heavy atom. The van der Waals surface area contributed by atoms with Crippen LogP contribution >= 0.6 is 23.4 Å². The van der Waals surface area contributed by atoms with Gasteiger partial charge in [0.05, 0.1) is 17.3 Å². The molecule has 0 N–H and O–H groups in total. The molecule has 1 aromatic carbocycles. The maximum atomic E-state index is 5.79. The highest BCUT2D eigenvalue weighted by molar-refractivity contribution is 7.98. The normalized spacial score (nSPS) is 10.5. The van der Waals surface area contributed by atoms with Crippen LogP contribution in [-0.2, 0) is 11.6 Å². The second-order valence-corrected chi connectivity index (χ2v) is 4.97. The third kappa shape index (κ3) is 3.72. The third-order valence-corrected chi connectivity index (χ3v) is 3.48. The van der Waals surface area contributed by atoms with Crippen molar-refractivity contribution in [2.24, 2.45) is 0 Å². The van der Waals surface area contributed by atoms with E-state index in [0.29, 0.717) is 5.88 Å². The zero-order valence-corrected chi connectivity index (χ0v) is 11.1. The molecule has 0 radical (unpaired) electrons. The molecule has 2 rings (SSSR count). The number of nitrogens with zero attached hydrogens (tertiary/aromatic N) is 2. The molecule has 0 bridgehead atoms. The minimum absolute atomic E-state index is 0.437. The zero-order chi connectivity index (χ0) is 12.1. The summed E-state index contributed by atoms with van der Waals surface area (Å²) in [7, 11) is 0. The van der Waals surface area contributed by atoms with Crippen molar-refractivity contribution in [2.45, 2.75) is 23.5 Å². The molecule has 4 heteroatoms. The molecule has 0 saturated carbocycles. The number of hydrogen-bond donors (Lipinski definition) is 0. The van der Waals surface area contributed by atoms with Crippen LogP contribution in [0, 0.1) is 6.92 Å². The lowest BCUT2D eigenvalue weighted by atomic mass is 10.3. The van der Waals surface area contributed by atoms with Gasteiger partial charge in [-0.25, -0.2) is 9.97 Å². The van der Waals surface area contributed by atoms with Gasteiger partial charge in [-0.05, 0) is 25.1 Å². The Bertz CT molecular complexity index is 488. The Labute approximate surface area is 110 Å². The highest BCUT2D eigenvalue weighted by atomic mass is 35.5. The van der Waals surface area contributed by atoms with Crippen molar-refractivity contribution in [2.75, 3.05) is 0 Å². The summed E-state index contributed by atoms with van der Waals surface area (Å²) in [5.41, 5.74) is 1.86. The highest BCUT2D eigenvalue weighted by Gasteiger charge is 2.02. The first-order chi connectivity index (χ1) is 8.28. The van der Waals surface area contributed by atoms with Crippen LogP contribution in [0.4, 0.5) is 0 Å². The molecule has 0 aliphatic heterocycles. The first-order valence-corrected chi connectivity index (χ1v) is 6.87. The van der Waals surface area contributed by atoms with Crippen molar-refractivity contribution in [3.05, 3.63) is 53.6 Å². The Morgan fingerprint density at radius 1 is 1.18 bits per heavy atom. The second kappa shape index (κ2) is 6.03. The lowest BCUT2D eigenvalue weighted by Gasteiger charge is -2.04. The van der Waals surface area contributed by atoms with Crippen molar-refractivity contribution < 1.29 is 0 Å². The monoisotopic (exact) mass is 264 g/mol. The van der Waals surface area contributed by atoms with Crippen LogP contribution in [0.1, 0.15) is 17.2 Å². The fourth-order valence-electron chi connectivity index (χ4n) is 1.50. The Hall–Kier alpha value is -1.06. The van der Waals surface area contributed by atoms with E-state index in [-0.39, 0.29) is 0 Å². The van der Waals surface area contributed by atoms with Crippen LogP contribution < -0.4 is 0 Å². The minimum atomic E-state index is 0.437. The zero-order valence-electron chi connectivity index (χ0n) is 9.56. The number of benzene rings is 1. The summed E-state index contributed by atoms with van der Waals surface area (Å²) in [5.74, 6) is 2.05. The Morgan fingerprint density at radius 3 is 2.65 bits per heavy atom. The van der Waals surface area contributed by atoms with E-state index in [4.69, 9.17) is 11.6 Å². The van der Waals surface area contributed by atoms with Crippen LogP contribution in [0.25, 0.3) is 0 Å². The van der Waals surface area contributed by atoms with E-state index in [2.05, 4.69) is 22.1 Å². The summed E-state index contributed by atoms with van der Waals surface area (Å²) in [6, 6.07) is 12.2. The number of thioether (sulfide) groups is 1. The molecular weight excluding hydrogens is 252 g/mol. The summed E-state index contributed by atoms with van der Waals surface area (Å²) < 4.78 is 0. The second-order valence-electron chi connectivity index (χ2n) is 3.65. The standard InChI is InChI=1S/C13H13ClN2S/c1-10-7-11(8-14)16-13(15-10)9-17-12-5-3-2-4-6-12/h2-7H,8-9H2,1H3. The summed E-state index contributed by atoms with van der Waals surface area (Å²) in [6.45, 7) is 1.97. The lowest BCUT2D eigenvalue weighted by Crippen LogP contribution is -1.98. The molecule has 0 aliphatic rings. The van der Waals surface area contributed by atoms with Crippen molar-refractivity contribution in [3.8, 4) is 0 Å². The minimum Gasteiger partial charge on any atom is -0.237 e. The van der Waals surface area contributed by atoms with Gasteiger partial charge in [-0.1, -0.05) is 18.2 Å². The van der Waals surface area contributed by atoms with Gasteiger partial charge in [0.1, 0.15) is 5.82 Å². The fourth-order valence-corrected chi connectivity index (χ4v) is 2.41. The maximum Gasteiger partial charge on any atom is 0.139 e. The van der Waals surface area contributed by atoms with Gasteiger partial charge in [-0.3, -0.25) is 0 Å². The van der Waals surface area contributed by atoms with Gasteiger partial charge in [0.2, 0.25) is 0 Å². The van der Waals surface area contributed by atoms with Gasteiger partial charge in [0, 0.05) is 10.6 Å². The van der Waals surface area contributed by atoms with Crippen molar-refractivity contribution in [1.29, 1.82) is 0 Å². The molecular formula is C13H13ClN2S. The molecule has 1 aromatic heterocycles. The molecule has 17 heavy (non-hydrogen) atoms. The third-order valence-electron chi connectivity index (χ3n) is 2.20. The molecule has 0 fully saturated rings. The molecule has 0 saturated heterocycles. The van der Waals surface area contributed by atoms with E-state index < -0.39 is 0 Å². The molecule has 0 unspecified atom stereocenters. The molecule has 0 amide bonds. The van der Waals surface area contributed by atoms with E-state index in [1.165, 1.54) is 4.90 Å². The fraction of sp³-hybridized carbons (Fsp3) is 0.231. The largest absolute Gasteiger partial charge is 0.237 e. The van der Waals surface area contributed by atoms with Gasteiger partial charge in [0.15, 0.2) is 0 Å². The summed E-state index contributed by atoms with van der Waals surface area (Å²) in [6.07, 6.45) is 0. The molecule has 2 nitrogen and oxygen atoms in total. The van der Waals surface area contributed by atoms with E-state index >= 15 is 0 Å². The predicted molar refractivity (Wildman–Crippen MR) is 72.3 cm³/mol. The van der Waals surface area contributed by atoms with Gasteiger partial charge in [-0.2, -0.15) is 0 Å². The summed E-state index contributed by atoms with van der Waals surface area (Å²) >= 11 is 7.52. The van der Waals surface area contributed by atoms with Crippen molar-refractivity contribution in [1.82, 2.24) is 9.97 Å². The number of hydrogen-bond acceptors (Lipinski definition) is 3. The van der Waals surface area contributed by atoms with E-state index in [1.807, 2.05) is 31.2 Å². The van der Waals surface area contributed by atoms with Gasteiger partial charge >= 0.3 is 0 Å². The van der Waals surface area contributed by atoms with E-state index in [0.717, 1.165) is 23.0 Å². The predicted octanol–water partition coefficient (Wildman–Crippen LogP) is 3.82. The molecule has 88 valence electrons. The summed E-state index contributed by atoms with van der Waals surface area (Å²) in [5, 5.41) is 0. The average Bonchev–Trinajstić information content (AvgIpc) is 2.37. The summed E-state index contributed by atoms with van der Waals surface area (Å²) in [4.78, 5) is 10.0. The molecule has 2 aromatic rings. The topological polar surface area (TPSA) is 25.8 Å². The number of alkyl halides is 1. The maximum absolute atomic E-state index is 5.79. The van der Waals surface area contributed by atoms with Gasteiger partial charge < -0.3 is 0 Å². The number of rotatable bonds is 4. The Balaban J connectivity index is 2.06.